The summed E-state index contributed by atoms with van der Waals surface area (Å²) in [5.74, 6) is 0. The normalized spacial score (nSPS) is 25.7. The predicted molar refractivity (Wildman–Crippen MR) is 97.0 cm³/mol. The van der Waals surface area contributed by atoms with Crippen molar-refractivity contribution in [1.82, 2.24) is 9.03 Å². The number of nitrogens with zero attached hydrogens (tertiary/aromatic N) is 1. The van der Waals surface area contributed by atoms with Gasteiger partial charge in [0, 0.05) is 12.6 Å². The summed E-state index contributed by atoms with van der Waals surface area (Å²) in [4.78, 5) is 0.156. The quantitative estimate of drug-likeness (QED) is 0.744. The number of hydrogen-bond acceptors (Lipinski definition) is 6. The monoisotopic (exact) mass is 416 g/mol. The van der Waals surface area contributed by atoms with Crippen molar-refractivity contribution in [3.63, 3.8) is 0 Å². The van der Waals surface area contributed by atoms with Crippen LogP contribution in [0.1, 0.15) is 32.1 Å². The Kier molecular flexibility index (Phi) is 5.30. The highest BCUT2D eigenvalue weighted by Crippen LogP contribution is 2.30. The van der Waals surface area contributed by atoms with Crippen LogP contribution in [0.4, 0.5) is 0 Å². The lowest BCUT2D eigenvalue weighted by atomic mass is 10.0. The lowest BCUT2D eigenvalue weighted by molar-refractivity contribution is -0.0913. The highest BCUT2D eigenvalue weighted by Gasteiger charge is 2.40. The SMILES string of the molecule is O=S(=O)(NC1CC1)c1ccc(S(=O)(=O)N2CCCCC2C2OCCO2)cc1. The molecule has 27 heavy (non-hydrogen) atoms. The fourth-order valence-electron chi connectivity index (χ4n) is 3.51. The number of benzene rings is 1. The molecule has 1 aromatic carbocycles. The molecule has 0 radical (unpaired) electrons. The standard InChI is InChI=1S/C17H24N2O6S2/c20-26(21,18-13-4-5-13)14-6-8-15(9-7-14)27(22,23)19-10-2-1-3-16(19)17-24-11-12-25-17/h6-9,13,16-18H,1-5,10-12H2. The van der Waals surface area contributed by atoms with Gasteiger partial charge in [-0.2, -0.15) is 4.31 Å². The van der Waals surface area contributed by atoms with E-state index in [0.717, 1.165) is 25.7 Å². The van der Waals surface area contributed by atoms with Crippen LogP contribution < -0.4 is 4.72 Å². The lowest BCUT2D eigenvalue weighted by Crippen LogP contribution is -2.50. The Labute approximate surface area is 159 Å². The highest BCUT2D eigenvalue weighted by atomic mass is 32.2. The second kappa shape index (κ2) is 7.41. The number of sulfonamides is 2. The van der Waals surface area contributed by atoms with Gasteiger partial charge in [-0.05, 0) is 49.9 Å². The van der Waals surface area contributed by atoms with E-state index < -0.39 is 26.3 Å². The van der Waals surface area contributed by atoms with Crippen molar-refractivity contribution >= 4 is 20.0 Å². The Bertz CT molecular complexity index is 875. The lowest BCUT2D eigenvalue weighted by Gasteiger charge is -2.36. The maximum atomic E-state index is 13.2. The molecule has 0 aromatic heterocycles. The molecule has 3 aliphatic rings. The Balaban J connectivity index is 1.57. The van der Waals surface area contributed by atoms with Gasteiger partial charge in [0.05, 0.1) is 29.0 Å². The third kappa shape index (κ3) is 4.06. The maximum Gasteiger partial charge on any atom is 0.243 e. The minimum absolute atomic E-state index is 0.000992. The summed E-state index contributed by atoms with van der Waals surface area (Å²) in [5, 5.41) is 0. The first kappa shape index (κ1) is 19.3. The fourth-order valence-corrected chi connectivity index (χ4v) is 6.50. The van der Waals surface area contributed by atoms with Gasteiger partial charge in [-0.25, -0.2) is 21.6 Å². The largest absolute Gasteiger partial charge is 0.349 e. The summed E-state index contributed by atoms with van der Waals surface area (Å²) in [6.45, 7) is 1.34. The third-order valence-electron chi connectivity index (χ3n) is 5.10. The van der Waals surface area contributed by atoms with Gasteiger partial charge in [0.25, 0.3) is 0 Å². The zero-order valence-electron chi connectivity index (χ0n) is 14.9. The number of piperidine rings is 1. The van der Waals surface area contributed by atoms with Gasteiger partial charge in [0.15, 0.2) is 6.29 Å². The summed E-state index contributed by atoms with van der Waals surface area (Å²) >= 11 is 0. The second-order valence-electron chi connectivity index (χ2n) is 7.16. The first-order chi connectivity index (χ1) is 12.9. The molecule has 1 atom stereocenters. The molecular weight excluding hydrogens is 392 g/mol. The van der Waals surface area contributed by atoms with Crippen LogP contribution in [0, 0.1) is 0 Å². The molecule has 0 bridgehead atoms. The zero-order valence-corrected chi connectivity index (χ0v) is 16.5. The first-order valence-electron chi connectivity index (χ1n) is 9.25. The number of ether oxygens (including phenoxy) is 2. The molecule has 3 fully saturated rings. The average Bonchev–Trinajstić information content (AvgIpc) is 3.29. The fraction of sp³-hybridized carbons (Fsp3) is 0.647. The summed E-state index contributed by atoms with van der Waals surface area (Å²) in [6, 6.07) is 5.06. The molecule has 1 saturated carbocycles. The van der Waals surface area contributed by atoms with Gasteiger partial charge >= 0.3 is 0 Å². The summed E-state index contributed by atoms with van der Waals surface area (Å²) < 4.78 is 66.0. The number of hydrogen-bond donors (Lipinski definition) is 1. The molecule has 1 aromatic rings. The Morgan fingerprint density at radius 3 is 2.15 bits per heavy atom. The molecule has 8 nitrogen and oxygen atoms in total. The van der Waals surface area contributed by atoms with E-state index in [0.29, 0.717) is 26.2 Å². The summed E-state index contributed by atoms with van der Waals surface area (Å²) in [6.07, 6.45) is 3.52. The number of rotatable bonds is 6. The van der Waals surface area contributed by atoms with E-state index in [4.69, 9.17) is 9.47 Å². The van der Waals surface area contributed by atoms with Crippen LogP contribution in [0.3, 0.4) is 0 Å². The van der Waals surface area contributed by atoms with Crippen molar-refractivity contribution in [2.45, 2.75) is 60.3 Å². The van der Waals surface area contributed by atoms with Crippen LogP contribution in [0.5, 0.6) is 0 Å². The van der Waals surface area contributed by atoms with Crippen molar-refractivity contribution < 1.29 is 26.3 Å². The van der Waals surface area contributed by atoms with E-state index in [1.165, 1.54) is 28.6 Å². The summed E-state index contributed by atoms with van der Waals surface area (Å²) in [5.41, 5.74) is 0. The van der Waals surface area contributed by atoms with Gasteiger partial charge in [-0.15, -0.1) is 0 Å². The number of nitrogens with one attached hydrogen (secondary N) is 1. The third-order valence-corrected chi connectivity index (χ3v) is 8.57. The van der Waals surface area contributed by atoms with Crippen molar-refractivity contribution in [1.29, 1.82) is 0 Å². The van der Waals surface area contributed by atoms with Crippen LogP contribution in [-0.2, 0) is 29.5 Å². The van der Waals surface area contributed by atoms with Gasteiger partial charge < -0.3 is 9.47 Å². The average molecular weight is 417 g/mol. The van der Waals surface area contributed by atoms with Crippen molar-refractivity contribution in [2.24, 2.45) is 0 Å². The van der Waals surface area contributed by atoms with Gasteiger partial charge in [0.2, 0.25) is 20.0 Å². The Morgan fingerprint density at radius 1 is 0.889 bits per heavy atom. The van der Waals surface area contributed by atoms with Gasteiger partial charge in [-0.3, -0.25) is 0 Å². The minimum atomic E-state index is -3.76. The maximum absolute atomic E-state index is 13.2. The van der Waals surface area contributed by atoms with Crippen LogP contribution in [0.2, 0.25) is 0 Å². The molecule has 150 valence electrons. The van der Waals surface area contributed by atoms with E-state index in [-0.39, 0.29) is 21.9 Å². The van der Waals surface area contributed by atoms with E-state index in [1.54, 1.807) is 0 Å². The molecule has 1 unspecified atom stereocenters. The van der Waals surface area contributed by atoms with E-state index in [2.05, 4.69) is 4.72 Å². The Hall–Kier alpha value is -1.04. The zero-order chi connectivity index (χ0) is 19.1. The minimum Gasteiger partial charge on any atom is -0.349 e. The van der Waals surface area contributed by atoms with Gasteiger partial charge in [0.1, 0.15) is 0 Å². The second-order valence-corrected chi connectivity index (χ2v) is 10.8. The first-order valence-corrected chi connectivity index (χ1v) is 12.2. The van der Waals surface area contributed by atoms with E-state index in [9.17, 15) is 16.8 Å². The molecule has 10 heteroatoms. The molecule has 0 amide bonds. The molecule has 0 spiro atoms. The van der Waals surface area contributed by atoms with Gasteiger partial charge in [-0.1, -0.05) is 6.42 Å². The van der Waals surface area contributed by atoms with Crippen LogP contribution in [0.15, 0.2) is 34.1 Å². The molecule has 2 saturated heterocycles. The van der Waals surface area contributed by atoms with E-state index in [1.807, 2.05) is 0 Å². The van der Waals surface area contributed by atoms with Crippen molar-refractivity contribution in [2.75, 3.05) is 19.8 Å². The topological polar surface area (TPSA) is 102 Å². The summed E-state index contributed by atoms with van der Waals surface area (Å²) in [7, 11) is -7.37. The van der Waals surface area contributed by atoms with Crippen LogP contribution in [0.25, 0.3) is 0 Å². The van der Waals surface area contributed by atoms with E-state index >= 15 is 0 Å². The molecule has 1 N–H and O–H groups in total. The van der Waals surface area contributed by atoms with Crippen LogP contribution in [-0.4, -0.2) is 59.3 Å². The smallest absolute Gasteiger partial charge is 0.243 e. The predicted octanol–water partition coefficient (Wildman–Crippen LogP) is 1.04. The van der Waals surface area contributed by atoms with Crippen molar-refractivity contribution in [3.05, 3.63) is 24.3 Å². The molecule has 4 rings (SSSR count). The highest BCUT2D eigenvalue weighted by molar-refractivity contribution is 7.89. The molecular formula is C17H24N2O6S2. The molecule has 1 aliphatic carbocycles. The Morgan fingerprint density at radius 2 is 1.52 bits per heavy atom. The van der Waals surface area contributed by atoms with Crippen LogP contribution >= 0.6 is 0 Å². The molecule has 2 heterocycles. The van der Waals surface area contributed by atoms with Crippen molar-refractivity contribution in [3.8, 4) is 0 Å². The molecule has 2 aliphatic heterocycles.